The Labute approximate surface area is 201 Å². The minimum Gasteiger partial charge on any atom is -0.342 e. The summed E-state index contributed by atoms with van der Waals surface area (Å²) in [6.07, 6.45) is 9.54. The fourth-order valence-corrected chi connectivity index (χ4v) is 5.71. The average Bonchev–Trinajstić information content (AvgIpc) is 3.32. The maximum Gasteiger partial charge on any atom is 0.293 e. The molecule has 2 aromatic carbocycles. The van der Waals surface area contributed by atoms with Gasteiger partial charge in [0.1, 0.15) is 0 Å². The molecule has 2 heterocycles. The van der Waals surface area contributed by atoms with Crippen LogP contribution in [0.15, 0.2) is 59.6 Å². The molecule has 0 atom stereocenters. The number of para-hydroxylation sites is 1. The molecular formula is C26H25N3O4S. The van der Waals surface area contributed by atoms with E-state index < -0.39 is 4.92 Å². The highest BCUT2D eigenvalue weighted by molar-refractivity contribution is 8.18. The van der Waals surface area contributed by atoms with E-state index in [1.807, 2.05) is 36.5 Å². The Morgan fingerprint density at radius 3 is 2.50 bits per heavy atom. The van der Waals surface area contributed by atoms with Crippen molar-refractivity contribution in [1.29, 1.82) is 0 Å². The minimum absolute atomic E-state index is 0.0609. The molecule has 0 bridgehead atoms. The van der Waals surface area contributed by atoms with E-state index in [2.05, 4.69) is 4.57 Å². The van der Waals surface area contributed by atoms with Gasteiger partial charge in [-0.05, 0) is 48.2 Å². The van der Waals surface area contributed by atoms with Gasteiger partial charge in [0.05, 0.1) is 9.83 Å². The van der Waals surface area contributed by atoms with Crippen molar-refractivity contribution < 1.29 is 14.5 Å². The van der Waals surface area contributed by atoms with E-state index in [-0.39, 0.29) is 16.8 Å². The van der Waals surface area contributed by atoms with Crippen molar-refractivity contribution in [2.45, 2.75) is 38.6 Å². The number of non-ortho nitro benzene ring substituents is 1. The van der Waals surface area contributed by atoms with Crippen LogP contribution in [-0.2, 0) is 11.3 Å². The van der Waals surface area contributed by atoms with Crippen LogP contribution in [0.25, 0.3) is 17.0 Å². The lowest BCUT2D eigenvalue weighted by Gasteiger charge is -2.25. The first-order valence-corrected chi connectivity index (χ1v) is 12.4. The fraction of sp³-hybridized carbons (Fsp3) is 0.308. The zero-order chi connectivity index (χ0) is 23.7. The van der Waals surface area contributed by atoms with E-state index in [1.165, 1.54) is 36.3 Å². The van der Waals surface area contributed by atoms with Gasteiger partial charge in [0, 0.05) is 47.9 Å². The summed E-state index contributed by atoms with van der Waals surface area (Å²) in [5, 5.41) is 11.7. The molecule has 0 radical (unpaired) electrons. The molecule has 1 aliphatic carbocycles. The van der Waals surface area contributed by atoms with Crippen molar-refractivity contribution >= 4 is 45.6 Å². The van der Waals surface area contributed by atoms with E-state index in [0.717, 1.165) is 46.6 Å². The standard InChI is InChI=1S/C26H25N3O4S/c30-25-24(34-26(31)28(25)16-18-6-2-1-3-7-18)14-20-17-27(23-9-5-4-8-22(20)23)15-19-10-12-21(13-11-19)29(32)33/h4-5,8-14,17-18H,1-3,6-7,15-16H2/b24-14+. The predicted octanol–water partition coefficient (Wildman–Crippen LogP) is 6.21. The number of nitro groups is 1. The minimum atomic E-state index is -0.408. The van der Waals surface area contributed by atoms with E-state index in [1.54, 1.807) is 12.1 Å². The molecule has 34 heavy (non-hydrogen) atoms. The molecule has 1 saturated heterocycles. The first-order valence-electron chi connectivity index (χ1n) is 11.6. The number of nitrogens with zero attached hydrogens (tertiary/aromatic N) is 3. The van der Waals surface area contributed by atoms with Crippen LogP contribution in [0.2, 0.25) is 0 Å². The smallest absolute Gasteiger partial charge is 0.293 e. The topological polar surface area (TPSA) is 85.5 Å². The third-order valence-corrected chi connectivity index (χ3v) is 7.55. The molecule has 0 N–H and O–H groups in total. The number of rotatable bonds is 6. The third-order valence-electron chi connectivity index (χ3n) is 6.65. The van der Waals surface area contributed by atoms with Crippen LogP contribution in [0.5, 0.6) is 0 Å². The van der Waals surface area contributed by atoms with E-state index >= 15 is 0 Å². The van der Waals surface area contributed by atoms with Gasteiger partial charge in [-0.1, -0.05) is 49.6 Å². The van der Waals surface area contributed by atoms with Crippen LogP contribution in [0, 0.1) is 16.0 Å². The average molecular weight is 476 g/mol. The van der Waals surface area contributed by atoms with E-state index in [4.69, 9.17) is 0 Å². The first-order chi connectivity index (χ1) is 16.5. The maximum atomic E-state index is 13.1. The van der Waals surface area contributed by atoms with Gasteiger partial charge in [0.15, 0.2) is 0 Å². The first kappa shape index (κ1) is 22.4. The number of fused-ring (bicyclic) bond motifs is 1. The summed E-state index contributed by atoms with van der Waals surface area (Å²) in [6, 6.07) is 14.4. The number of nitro benzene ring substituents is 1. The van der Waals surface area contributed by atoms with Gasteiger partial charge in [-0.25, -0.2) is 0 Å². The van der Waals surface area contributed by atoms with Gasteiger partial charge in [0.2, 0.25) is 0 Å². The lowest BCUT2D eigenvalue weighted by molar-refractivity contribution is -0.384. The summed E-state index contributed by atoms with van der Waals surface area (Å²) in [5.41, 5.74) is 2.87. The second-order valence-electron chi connectivity index (χ2n) is 8.95. The largest absolute Gasteiger partial charge is 0.342 e. The molecule has 1 aromatic heterocycles. The summed E-state index contributed by atoms with van der Waals surface area (Å²) < 4.78 is 2.06. The number of carbonyl (C=O) groups is 2. The molecule has 2 amide bonds. The lowest BCUT2D eigenvalue weighted by atomic mass is 9.89. The molecule has 5 rings (SSSR count). The highest BCUT2D eigenvalue weighted by Gasteiger charge is 2.36. The molecule has 7 nitrogen and oxygen atoms in total. The molecule has 174 valence electrons. The number of imide groups is 1. The van der Waals surface area contributed by atoms with Gasteiger partial charge >= 0.3 is 0 Å². The van der Waals surface area contributed by atoms with Crippen LogP contribution < -0.4 is 0 Å². The van der Waals surface area contributed by atoms with Crippen LogP contribution >= 0.6 is 11.8 Å². The molecule has 3 aromatic rings. The molecular weight excluding hydrogens is 450 g/mol. The summed E-state index contributed by atoms with van der Waals surface area (Å²) in [5.74, 6) is 0.206. The summed E-state index contributed by atoms with van der Waals surface area (Å²) in [7, 11) is 0. The van der Waals surface area contributed by atoms with Crippen LogP contribution in [-0.4, -0.2) is 32.1 Å². The van der Waals surface area contributed by atoms with Gasteiger partial charge in [-0.2, -0.15) is 0 Å². The maximum absolute atomic E-state index is 13.1. The Kier molecular flexibility index (Phi) is 6.24. The Bertz CT molecular complexity index is 1290. The predicted molar refractivity (Wildman–Crippen MR) is 133 cm³/mol. The van der Waals surface area contributed by atoms with Crippen molar-refractivity contribution in [3.8, 4) is 0 Å². The number of thioether (sulfide) groups is 1. The SMILES string of the molecule is O=C1S/C(=C/c2cn(Cc3ccc([N+](=O)[O-])cc3)c3ccccc23)C(=O)N1CC1CCCCC1. The van der Waals surface area contributed by atoms with E-state index in [9.17, 15) is 19.7 Å². The number of amides is 2. The molecule has 0 unspecified atom stereocenters. The van der Waals surface area contributed by atoms with Gasteiger partial charge in [-0.15, -0.1) is 0 Å². The molecule has 1 saturated carbocycles. The number of carbonyl (C=O) groups excluding carboxylic acids is 2. The number of hydrogen-bond acceptors (Lipinski definition) is 5. The van der Waals surface area contributed by atoms with Crippen LogP contribution in [0.3, 0.4) is 0 Å². The second-order valence-corrected chi connectivity index (χ2v) is 9.94. The third kappa shape index (κ3) is 4.50. The van der Waals surface area contributed by atoms with Crippen LogP contribution in [0.1, 0.15) is 43.2 Å². The Morgan fingerprint density at radius 1 is 1.03 bits per heavy atom. The van der Waals surface area contributed by atoms with Crippen molar-refractivity contribution in [1.82, 2.24) is 9.47 Å². The second kappa shape index (κ2) is 9.46. The van der Waals surface area contributed by atoms with Crippen molar-refractivity contribution in [2.75, 3.05) is 6.54 Å². The zero-order valence-electron chi connectivity index (χ0n) is 18.7. The Balaban J connectivity index is 1.41. The Hall–Kier alpha value is -3.39. The highest BCUT2D eigenvalue weighted by Crippen LogP contribution is 2.36. The monoisotopic (exact) mass is 475 g/mol. The molecule has 0 spiro atoms. The summed E-state index contributed by atoms with van der Waals surface area (Å²) >= 11 is 1.02. The molecule has 1 aliphatic heterocycles. The summed E-state index contributed by atoms with van der Waals surface area (Å²) in [4.78, 5) is 38.1. The Morgan fingerprint density at radius 2 is 1.76 bits per heavy atom. The van der Waals surface area contributed by atoms with Crippen LogP contribution in [0.4, 0.5) is 10.5 Å². The normalized spacial score (nSPS) is 18.4. The van der Waals surface area contributed by atoms with Crippen molar-refractivity contribution in [2.24, 2.45) is 5.92 Å². The van der Waals surface area contributed by atoms with E-state index in [0.29, 0.717) is 23.9 Å². The fourth-order valence-electron chi connectivity index (χ4n) is 4.87. The highest BCUT2D eigenvalue weighted by atomic mass is 32.2. The number of benzene rings is 2. The number of hydrogen-bond donors (Lipinski definition) is 0. The van der Waals surface area contributed by atoms with Crippen molar-refractivity contribution in [3.63, 3.8) is 0 Å². The van der Waals surface area contributed by atoms with Gasteiger partial charge < -0.3 is 4.57 Å². The lowest BCUT2D eigenvalue weighted by Crippen LogP contribution is -2.34. The quantitative estimate of drug-likeness (QED) is 0.240. The summed E-state index contributed by atoms with van der Waals surface area (Å²) in [6.45, 7) is 1.05. The number of aromatic nitrogens is 1. The van der Waals surface area contributed by atoms with Crippen molar-refractivity contribution in [3.05, 3.63) is 80.9 Å². The van der Waals surface area contributed by atoms with Gasteiger partial charge in [-0.3, -0.25) is 24.6 Å². The molecule has 2 fully saturated rings. The van der Waals surface area contributed by atoms with Gasteiger partial charge in [0.25, 0.3) is 16.8 Å². The zero-order valence-corrected chi connectivity index (χ0v) is 19.5. The molecule has 2 aliphatic rings. The molecule has 8 heteroatoms.